The smallest absolute Gasteiger partial charge is 0.260 e. The Balaban J connectivity index is 0.00000208. The summed E-state index contributed by atoms with van der Waals surface area (Å²) in [5.41, 5.74) is 0.893. The summed E-state index contributed by atoms with van der Waals surface area (Å²) in [6, 6.07) is 7.38. The first kappa shape index (κ1) is 18.5. The minimum absolute atomic E-state index is 0. The van der Waals surface area contributed by atoms with Crippen molar-refractivity contribution in [2.75, 3.05) is 44.2 Å². The van der Waals surface area contributed by atoms with Crippen LogP contribution in [0.2, 0.25) is 0 Å². The van der Waals surface area contributed by atoms with Gasteiger partial charge in [0.25, 0.3) is 5.91 Å². The molecule has 3 rings (SSSR count). The van der Waals surface area contributed by atoms with Gasteiger partial charge in [-0.15, -0.1) is 12.4 Å². The number of rotatable bonds is 4. The lowest BCUT2D eigenvalue weighted by atomic mass is 10.3. The topological polar surface area (TPSA) is 61.9 Å². The molecule has 2 heterocycles. The molecule has 2 aliphatic rings. The Labute approximate surface area is 148 Å². The summed E-state index contributed by atoms with van der Waals surface area (Å²) in [5, 5.41) is 3.28. The van der Waals surface area contributed by atoms with Crippen LogP contribution in [0.3, 0.4) is 0 Å². The molecule has 1 N–H and O–H groups in total. The average molecular weight is 354 g/mol. The third kappa shape index (κ3) is 4.61. The molecule has 0 unspecified atom stereocenters. The number of anilines is 1. The molecular weight excluding hydrogens is 330 g/mol. The Bertz CT molecular complexity index is 557. The van der Waals surface area contributed by atoms with E-state index in [1.54, 1.807) is 4.90 Å². The predicted octanol–water partition coefficient (Wildman–Crippen LogP) is 1.44. The van der Waals surface area contributed by atoms with Gasteiger partial charge < -0.3 is 19.9 Å². The quantitative estimate of drug-likeness (QED) is 0.889. The van der Waals surface area contributed by atoms with Gasteiger partial charge in [-0.25, -0.2) is 0 Å². The van der Waals surface area contributed by atoms with E-state index >= 15 is 0 Å². The monoisotopic (exact) mass is 353 g/mol. The highest BCUT2D eigenvalue weighted by atomic mass is 35.5. The van der Waals surface area contributed by atoms with Crippen molar-refractivity contribution in [3.63, 3.8) is 0 Å². The number of amides is 2. The van der Waals surface area contributed by atoms with E-state index in [0.29, 0.717) is 12.2 Å². The van der Waals surface area contributed by atoms with Gasteiger partial charge in [0.1, 0.15) is 5.75 Å². The molecule has 2 fully saturated rings. The molecule has 7 heteroatoms. The Kier molecular flexibility index (Phi) is 6.87. The van der Waals surface area contributed by atoms with Crippen LogP contribution in [0.4, 0.5) is 5.69 Å². The minimum Gasteiger partial charge on any atom is -0.484 e. The van der Waals surface area contributed by atoms with Crippen LogP contribution < -0.4 is 15.0 Å². The van der Waals surface area contributed by atoms with Gasteiger partial charge in [-0.3, -0.25) is 9.59 Å². The lowest BCUT2D eigenvalue weighted by Gasteiger charge is -2.20. The SMILES string of the molecule is Cl.O=C(COc1ccc(N2CCCC2=O)cc1)N1CCCNCC1. The first-order valence-electron chi connectivity index (χ1n) is 8.26. The maximum atomic E-state index is 12.2. The number of halogens is 1. The van der Waals surface area contributed by atoms with Crippen LogP contribution in [0.15, 0.2) is 24.3 Å². The van der Waals surface area contributed by atoms with E-state index in [1.165, 1.54) is 0 Å². The molecule has 0 saturated carbocycles. The molecule has 2 aliphatic heterocycles. The number of nitrogens with one attached hydrogen (secondary N) is 1. The van der Waals surface area contributed by atoms with E-state index in [-0.39, 0.29) is 30.8 Å². The summed E-state index contributed by atoms with van der Waals surface area (Å²) in [6.45, 7) is 4.15. The highest BCUT2D eigenvalue weighted by Gasteiger charge is 2.21. The van der Waals surface area contributed by atoms with Gasteiger partial charge in [-0.1, -0.05) is 0 Å². The standard InChI is InChI=1S/C17H23N3O3.ClH/c21-16-3-1-11-20(16)14-4-6-15(7-5-14)23-13-17(22)19-10-2-8-18-9-12-19;/h4-7,18H,1-3,8-13H2;1H. The fourth-order valence-electron chi connectivity index (χ4n) is 2.97. The molecule has 24 heavy (non-hydrogen) atoms. The summed E-state index contributed by atoms with van der Waals surface area (Å²) in [4.78, 5) is 27.5. The molecule has 0 aliphatic carbocycles. The van der Waals surface area contributed by atoms with Crippen molar-refractivity contribution in [1.82, 2.24) is 10.2 Å². The van der Waals surface area contributed by atoms with E-state index in [9.17, 15) is 9.59 Å². The Morgan fingerprint density at radius 2 is 1.88 bits per heavy atom. The fourth-order valence-corrected chi connectivity index (χ4v) is 2.97. The molecule has 2 amide bonds. The van der Waals surface area contributed by atoms with E-state index < -0.39 is 0 Å². The summed E-state index contributed by atoms with van der Waals surface area (Å²) >= 11 is 0. The largest absolute Gasteiger partial charge is 0.484 e. The zero-order valence-electron chi connectivity index (χ0n) is 13.7. The van der Waals surface area contributed by atoms with Gasteiger partial charge in [0.15, 0.2) is 6.61 Å². The third-order valence-electron chi connectivity index (χ3n) is 4.28. The molecule has 1 aromatic rings. The zero-order valence-corrected chi connectivity index (χ0v) is 14.5. The van der Waals surface area contributed by atoms with Gasteiger partial charge >= 0.3 is 0 Å². The summed E-state index contributed by atoms with van der Waals surface area (Å²) in [7, 11) is 0. The number of nitrogens with zero attached hydrogens (tertiary/aromatic N) is 2. The zero-order chi connectivity index (χ0) is 16.1. The van der Waals surface area contributed by atoms with Crippen LogP contribution in [0.1, 0.15) is 19.3 Å². The lowest BCUT2D eigenvalue weighted by molar-refractivity contribution is -0.133. The van der Waals surface area contributed by atoms with Gasteiger partial charge in [-0.05, 0) is 43.7 Å². The second-order valence-corrected chi connectivity index (χ2v) is 5.92. The summed E-state index contributed by atoms with van der Waals surface area (Å²) < 4.78 is 5.59. The number of carbonyl (C=O) groups is 2. The van der Waals surface area contributed by atoms with Crippen LogP contribution >= 0.6 is 12.4 Å². The number of ether oxygens (including phenoxy) is 1. The van der Waals surface area contributed by atoms with Crippen LogP contribution in [-0.4, -0.2) is 56.0 Å². The van der Waals surface area contributed by atoms with Crippen molar-refractivity contribution in [2.45, 2.75) is 19.3 Å². The summed E-state index contributed by atoms with van der Waals surface area (Å²) in [5.74, 6) is 0.845. The molecule has 0 bridgehead atoms. The van der Waals surface area contributed by atoms with E-state index in [1.807, 2.05) is 29.2 Å². The molecule has 6 nitrogen and oxygen atoms in total. The number of benzene rings is 1. The molecule has 0 spiro atoms. The Morgan fingerprint density at radius 1 is 1.08 bits per heavy atom. The van der Waals surface area contributed by atoms with Gasteiger partial charge in [0.2, 0.25) is 5.91 Å². The summed E-state index contributed by atoms with van der Waals surface area (Å²) in [6.07, 6.45) is 2.51. The van der Waals surface area contributed by atoms with Crippen molar-refractivity contribution in [3.8, 4) is 5.75 Å². The first-order chi connectivity index (χ1) is 11.2. The molecule has 1 aromatic carbocycles. The molecule has 0 radical (unpaired) electrons. The van der Waals surface area contributed by atoms with Gasteiger partial charge in [-0.2, -0.15) is 0 Å². The second kappa shape index (κ2) is 8.89. The van der Waals surface area contributed by atoms with Crippen LogP contribution in [0, 0.1) is 0 Å². The molecule has 2 saturated heterocycles. The van der Waals surface area contributed by atoms with Crippen molar-refractivity contribution >= 4 is 29.9 Å². The average Bonchev–Trinajstić information content (AvgIpc) is 2.84. The van der Waals surface area contributed by atoms with Crippen molar-refractivity contribution < 1.29 is 14.3 Å². The third-order valence-corrected chi connectivity index (χ3v) is 4.28. The maximum absolute atomic E-state index is 12.2. The lowest BCUT2D eigenvalue weighted by Crippen LogP contribution is -2.37. The number of carbonyl (C=O) groups excluding carboxylic acids is 2. The van der Waals surface area contributed by atoms with E-state index in [0.717, 1.165) is 51.3 Å². The van der Waals surface area contributed by atoms with Crippen LogP contribution in [0.5, 0.6) is 5.75 Å². The Hall–Kier alpha value is -1.79. The van der Waals surface area contributed by atoms with Crippen LogP contribution in [-0.2, 0) is 9.59 Å². The second-order valence-electron chi connectivity index (χ2n) is 5.92. The highest BCUT2D eigenvalue weighted by molar-refractivity contribution is 5.95. The highest BCUT2D eigenvalue weighted by Crippen LogP contribution is 2.23. The number of hydrogen-bond donors (Lipinski definition) is 1. The van der Waals surface area contributed by atoms with Gasteiger partial charge in [0.05, 0.1) is 0 Å². The van der Waals surface area contributed by atoms with Crippen LogP contribution in [0.25, 0.3) is 0 Å². The van der Waals surface area contributed by atoms with E-state index in [4.69, 9.17) is 4.74 Å². The molecule has 132 valence electrons. The van der Waals surface area contributed by atoms with Crippen molar-refractivity contribution in [3.05, 3.63) is 24.3 Å². The molecule has 0 aromatic heterocycles. The normalized spacial score (nSPS) is 18.1. The van der Waals surface area contributed by atoms with Crippen molar-refractivity contribution in [2.24, 2.45) is 0 Å². The predicted molar refractivity (Wildman–Crippen MR) is 94.8 cm³/mol. The van der Waals surface area contributed by atoms with Crippen molar-refractivity contribution in [1.29, 1.82) is 0 Å². The minimum atomic E-state index is 0. The fraction of sp³-hybridized carbons (Fsp3) is 0.529. The first-order valence-corrected chi connectivity index (χ1v) is 8.26. The maximum Gasteiger partial charge on any atom is 0.260 e. The number of hydrogen-bond acceptors (Lipinski definition) is 4. The van der Waals surface area contributed by atoms with E-state index in [2.05, 4.69) is 5.32 Å². The molecular formula is C17H24ClN3O3. The Morgan fingerprint density at radius 3 is 2.58 bits per heavy atom. The van der Waals surface area contributed by atoms with Gasteiger partial charge in [0, 0.05) is 38.3 Å². The molecule has 0 atom stereocenters.